The fraction of sp³-hybridized carbons (Fsp3) is 0.538. The summed E-state index contributed by atoms with van der Waals surface area (Å²) in [4.78, 5) is 2.23. The largest absolute Gasteiger partial charge is 0.495 e. The van der Waals surface area contributed by atoms with Crippen molar-refractivity contribution in [2.45, 2.75) is 4.90 Å². The summed E-state index contributed by atoms with van der Waals surface area (Å²) in [6.45, 7) is 3.33. The Kier molecular flexibility index (Phi) is 5.26. The molecule has 112 valence electrons. The fourth-order valence-electron chi connectivity index (χ4n) is 2.08. The summed E-state index contributed by atoms with van der Waals surface area (Å²) in [7, 11) is -1.97. The second-order valence-corrected chi connectivity index (χ2v) is 7.08. The van der Waals surface area contributed by atoms with Crippen molar-refractivity contribution in [1.29, 1.82) is 0 Å². The van der Waals surface area contributed by atoms with Gasteiger partial charge in [0.15, 0.2) is 9.84 Å². The molecule has 0 aromatic heterocycles. The minimum atomic E-state index is -3.42. The molecule has 1 aliphatic heterocycles. The molecule has 1 heterocycles. The third-order valence-corrected chi connectivity index (χ3v) is 5.18. The van der Waals surface area contributed by atoms with Crippen molar-refractivity contribution >= 4 is 21.4 Å². The minimum Gasteiger partial charge on any atom is -0.495 e. The van der Waals surface area contributed by atoms with Crippen molar-refractivity contribution in [2.75, 3.05) is 45.7 Å². The Balaban J connectivity index is 2.11. The van der Waals surface area contributed by atoms with E-state index in [-0.39, 0.29) is 10.6 Å². The first kappa shape index (κ1) is 15.6. The Morgan fingerprint density at radius 1 is 1.35 bits per heavy atom. The monoisotopic (exact) mass is 319 g/mol. The topological polar surface area (TPSA) is 55.8 Å². The van der Waals surface area contributed by atoms with Crippen LogP contribution >= 0.6 is 11.6 Å². The van der Waals surface area contributed by atoms with Crippen molar-refractivity contribution in [3.05, 3.63) is 23.2 Å². The van der Waals surface area contributed by atoms with E-state index >= 15 is 0 Å². The zero-order valence-electron chi connectivity index (χ0n) is 11.3. The molecule has 1 aromatic carbocycles. The number of hydrogen-bond donors (Lipinski definition) is 0. The SMILES string of the molecule is COc1ccc(Cl)cc1S(=O)(=O)CCN1CCOCC1. The Morgan fingerprint density at radius 2 is 2.05 bits per heavy atom. The van der Waals surface area contributed by atoms with Crippen LogP contribution in [0.4, 0.5) is 0 Å². The van der Waals surface area contributed by atoms with Gasteiger partial charge in [-0.25, -0.2) is 8.42 Å². The molecule has 5 nitrogen and oxygen atoms in total. The summed E-state index contributed by atoms with van der Waals surface area (Å²) >= 11 is 5.88. The van der Waals surface area contributed by atoms with Gasteiger partial charge in [0.2, 0.25) is 0 Å². The molecule has 0 spiro atoms. The highest BCUT2D eigenvalue weighted by molar-refractivity contribution is 7.91. The molecule has 0 saturated carbocycles. The molecule has 0 unspecified atom stereocenters. The van der Waals surface area contributed by atoms with Crippen LogP contribution in [-0.4, -0.2) is 59.0 Å². The smallest absolute Gasteiger partial charge is 0.183 e. The number of rotatable bonds is 5. The molecule has 7 heteroatoms. The van der Waals surface area contributed by atoms with E-state index in [9.17, 15) is 8.42 Å². The lowest BCUT2D eigenvalue weighted by molar-refractivity contribution is 0.0408. The number of methoxy groups -OCH3 is 1. The number of hydrogen-bond acceptors (Lipinski definition) is 5. The highest BCUT2D eigenvalue weighted by Gasteiger charge is 2.22. The molecule has 1 fully saturated rings. The summed E-state index contributed by atoms with van der Waals surface area (Å²) in [6.07, 6.45) is 0. The van der Waals surface area contributed by atoms with E-state index in [1.165, 1.54) is 13.2 Å². The number of morpholine rings is 1. The van der Waals surface area contributed by atoms with Gasteiger partial charge in [0, 0.05) is 24.7 Å². The second kappa shape index (κ2) is 6.76. The van der Waals surface area contributed by atoms with Crippen LogP contribution in [0, 0.1) is 0 Å². The maximum atomic E-state index is 12.4. The normalized spacial score (nSPS) is 17.1. The maximum Gasteiger partial charge on any atom is 0.183 e. The summed E-state index contributed by atoms with van der Waals surface area (Å²) in [5.74, 6) is 0.375. The Hall–Kier alpha value is -0.820. The van der Waals surface area contributed by atoms with Crippen molar-refractivity contribution in [3.8, 4) is 5.75 Å². The number of benzene rings is 1. The molecular weight excluding hydrogens is 302 g/mol. The van der Waals surface area contributed by atoms with Crippen molar-refractivity contribution < 1.29 is 17.9 Å². The lowest BCUT2D eigenvalue weighted by Crippen LogP contribution is -2.39. The zero-order valence-corrected chi connectivity index (χ0v) is 12.9. The van der Waals surface area contributed by atoms with Gasteiger partial charge in [-0.15, -0.1) is 0 Å². The first-order valence-electron chi connectivity index (χ1n) is 6.39. The second-order valence-electron chi connectivity index (χ2n) is 4.57. The van der Waals surface area contributed by atoms with Gasteiger partial charge < -0.3 is 9.47 Å². The Labute approximate surface area is 124 Å². The molecule has 20 heavy (non-hydrogen) atoms. The van der Waals surface area contributed by atoms with Gasteiger partial charge >= 0.3 is 0 Å². The van der Waals surface area contributed by atoms with Gasteiger partial charge in [0.1, 0.15) is 10.6 Å². The Morgan fingerprint density at radius 3 is 2.70 bits per heavy atom. The first-order valence-corrected chi connectivity index (χ1v) is 8.42. The highest BCUT2D eigenvalue weighted by atomic mass is 35.5. The van der Waals surface area contributed by atoms with E-state index < -0.39 is 9.84 Å². The molecule has 0 bridgehead atoms. The molecule has 0 atom stereocenters. The van der Waals surface area contributed by atoms with Crippen LogP contribution < -0.4 is 4.74 Å². The van der Waals surface area contributed by atoms with E-state index in [1.807, 2.05) is 0 Å². The average molecular weight is 320 g/mol. The van der Waals surface area contributed by atoms with Gasteiger partial charge in [-0.1, -0.05) is 11.6 Å². The zero-order chi connectivity index (χ0) is 14.6. The van der Waals surface area contributed by atoms with Crippen molar-refractivity contribution in [3.63, 3.8) is 0 Å². The van der Waals surface area contributed by atoms with Crippen LogP contribution in [0.15, 0.2) is 23.1 Å². The van der Waals surface area contributed by atoms with Crippen LogP contribution in [0.5, 0.6) is 5.75 Å². The van der Waals surface area contributed by atoms with Crippen LogP contribution in [0.25, 0.3) is 0 Å². The molecule has 0 amide bonds. The summed E-state index contributed by atoms with van der Waals surface area (Å²) in [5, 5.41) is 0.385. The van der Waals surface area contributed by atoms with Crippen molar-refractivity contribution in [1.82, 2.24) is 4.90 Å². The maximum absolute atomic E-state index is 12.4. The number of halogens is 1. The molecule has 0 N–H and O–H groups in total. The summed E-state index contributed by atoms with van der Waals surface area (Å²) < 4.78 is 35.2. The predicted molar refractivity (Wildman–Crippen MR) is 77.3 cm³/mol. The highest BCUT2D eigenvalue weighted by Crippen LogP contribution is 2.27. The predicted octanol–water partition coefficient (Wildman–Crippen LogP) is 1.45. The Bertz CT molecular complexity index is 555. The lowest BCUT2D eigenvalue weighted by Gasteiger charge is -2.26. The van der Waals surface area contributed by atoms with Crippen LogP contribution in [0.3, 0.4) is 0 Å². The fourth-order valence-corrected chi connectivity index (χ4v) is 3.80. The van der Waals surface area contributed by atoms with E-state index in [0.717, 1.165) is 13.1 Å². The van der Waals surface area contributed by atoms with Crippen LogP contribution in [0.2, 0.25) is 5.02 Å². The first-order chi connectivity index (χ1) is 9.53. The summed E-state index contributed by atoms with van der Waals surface area (Å²) in [5.41, 5.74) is 0. The van der Waals surface area contributed by atoms with E-state index in [1.54, 1.807) is 12.1 Å². The molecular formula is C13H18ClNO4S. The number of ether oxygens (including phenoxy) is 2. The number of sulfone groups is 1. The van der Waals surface area contributed by atoms with Gasteiger partial charge in [-0.05, 0) is 18.2 Å². The minimum absolute atomic E-state index is 0.0453. The lowest BCUT2D eigenvalue weighted by atomic mass is 10.3. The quantitative estimate of drug-likeness (QED) is 0.822. The van der Waals surface area contributed by atoms with Gasteiger partial charge in [0.05, 0.1) is 26.1 Å². The standard InChI is InChI=1S/C13H18ClNO4S/c1-18-12-3-2-11(14)10-13(12)20(16,17)9-6-15-4-7-19-8-5-15/h2-3,10H,4-9H2,1H3. The van der Waals surface area contributed by atoms with Crippen LogP contribution in [-0.2, 0) is 14.6 Å². The van der Waals surface area contributed by atoms with Gasteiger partial charge in [0.25, 0.3) is 0 Å². The number of nitrogens with zero attached hydrogens (tertiary/aromatic N) is 1. The molecule has 0 radical (unpaired) electrons. The van der Waals surface area contributed by atoms with E-state index in [0.29, 0.717) is 30.5 Å². The van der Waals surface area contributed by atoms with Crippen LogP contribution in [0.1, 0.15) is 0 Å². The molecule has 0 aliphatic carbocycles. The third-order valence-electron chi connectivity index (χ3n) is 3.24. The average Bonchev–Trinajstić information content (AvgIpc) is 2.46. The molecule has 1 aromatic rings. The van der Waals surface area contributed by atoms with Gasteiger partial charge in [-0.3, -0.25) is 4.90 Å². The van der Waals surface area contributed by atoms with E-state index in [2.05, 4.69) is 4.90 Å². The van der Waals surface area contributed by atoms with Crippen molar-refractivity contribution in [2.24, 2.45) is 0 Å². The molecule has 2 rings (SSSR count). The molecule has 1 saturated heterocycles. The van der Waals surface area contributed by atoms with Gasteiger partial charge in [-0.2, -0.15) is 0 Å². The molecule has 1 aliphatic rings. The summed E-state index contributed by atoms with van der Waals surface area (Å²) in [6, 6.07) is 4.63. The third kappa shape index (κ3) is 3.85. The van der Waals surface area contributed by atoms with E-state index in [4.69, 9.17) is 21.1 Å².